The largest absolute Gasteiger partial charge is 0.323 e. The molecule has 6 heteroatoms. The molecule has 0 saturated heterocycles. The van der Waals surface area contributed by atoms with Gasteiger partial charge in [0.15, 0.2) is 0 Å². The van der Waals surface area contributed by atoms with Gasteiger partial charge < -0.3 is 4.57 Å². The summed E-state index contributed by atoms with van der Waals surface area (Å²) >= 11 is 0. The van der Waals surface area contributed by atoms with E-state index in [4.69, 9.17) is 0 Å². The van der Waals surface area contributed by atoms with Gasteiger partial charge in [-0.1, -0.05) is 24.3 Å². The SMILES string of the molecule is O=C(Cc1cccc(F)c1)NNC(=O)c1ccccc1-n1cccc1. The summed E-state index contributed by atoms with van der Waals surface area (Å²) < 4.78 is 14.9. The first-order valence-electron chi connectivity index (χ1n) is 7.69. The van der Waals surface area contributed by atoms with Crippen molar-refractivity contribution in [3.8, 4) is 5.69 Å². The number of rotatable bonds is 4. The van der Waals surface area contributed by atoms with Gasteiger partial charge in [-0.05, 0) is 42.0 Å². The molecule has 2 N–H and O–H groups in total. The van der Waals surface area contributed by atoms with Crippen molar-refractivity contribution in [3.05, 3.63) is 90.0 Å². The number of nitrogens with one attached hydrogen (secondary N) is 2. The molecule has 0 saturated carbocycles. The first-order valence-corrected chi connectivity index (χ1v) is 7.69. The highest BCUT2D eigenvalue weighted by Gasteiger charge is 2.13. The zero-order chi connectivity index (χ0) is 17.6. The maximum Gasteiger partial charge on any atom is 0.271 e. The lowest BCUT2D eigenvalue weighted by Crippen LogP contribution is -2.42. The Labute approximate surface area is 144 Å². The van der Waals surface area contributed by atoms with E-state index in [1.54, 1.807) is 18.2 Å². The number of hydrogen-bond acceptors (Lipinski definition) is 2. The first kappa shape index (κ1) is 16.4. The molecule has 0 aliphatic heterocycles. The van der Waals surface area contributed by atoms with Crippen LogP contribution >= 0.6 is 0 Å². The first-order chi connectivity index (χ1) is 12.1. The lowest BCUT2D eigenvalue weighted by Gasteiger charge is -2.12. The van der Waals surface area contributed by atoms with Crippen LogP contribution in [-0.2, 0) is 11.2 Å². The average Bonchev–Trinajstić information content (AvgIpc) is 3.14. The molecule has 2 amide bonds. The highest BCUT2D eigenvalue weighted by Crippen LogP contribution is 2.14. The number of halogens is 1. The maximum atomic E-state index is 13.1. The van der Waals surface area contributed by atoms with Crippen LogP contribution in [0.25, 0.3) is 5.69 Å². The van der Waals surface area contributed by atoms with Crippen molar-refractivity contribution in [1.29, 1.82) is 0 Å². The normalized spacial score (nSPS) is 10.3. The number of aromatic nitrogens is 1. The zero-order valence-corrected chi connectivity index (χ0v) is 13.3. The van der Waals surface area contributed by atoms with E-state index < -0.39 is 17.6 Å². The minimum absolute atomic E-state index is 0.0305. The van der Waals surface area contributed by atoms with Gasteiger partial charge in [-0.15, -0.1) is 0 Å². The van der Waals surface area contributed by atoms with Crippen molar-refractivity contribution in [3.63, 3.8) is 0 Å². The van der Waals surface area contributed by atoms with Crippen LogP contribution in [-0.4, -0.2) is 16.4 Å². The number of amides is 2. The average molecular weight is 337 g/mol. The smallest absolute Gasteiger partial charge is 0.271 e. The van der Waals surface area contributed by atoms with E-state index in [1.807, 2.05) is 41.2 Å². The molecular formula is C19H16FN3O2. The van der Waals surface area contributed by atoms with Gasteiger partial charge in [0.2, 0.25) is 5.91 Å². The Bertz CT molecular complexity index is 891. The fraction of sp³-hybridized carbons (Fsp3) is 0.0526. The highest BCUT2D eigenvalue weighted by atomic mass is 19.1. The van der Waals surface area contributed by atoms with Gasteiger partial charge in [-0.2, -0.15) is 0 Å². The number of nitrogens with zero attached hydrogens (tertiary/aromatic N) is 1. The predicted molar refractivity (Wildman–Crippen MR) is 91.5 cm³/mol. The van der Waals surface area contributed by atoms with Crippen molar-refractivity contribution in [2.45, 2.75) is 6.42 Å². The molecule has 5 nitrogen and oxygen atoms in total. The van der Waals surface area contributed by atoms with Gasteiger partial charge in [0.05, 0.1) is 17.7 Å². The van der Waals surface area contributed by atoms with Gasteiger partial charge in [-0.25, -0.2) is 4.39 Å². The number of carbonyl (C=O) groups is 2. The lowest BCUT2D eigenvalue weighted by molar-refractivity contribution is -0.121. The molecular weight excluding hydrogens is 321 g/mol. The van der Waals surface area contributed by atoms with E-state index >= 15 is 0 Å². The van der Waals surface area contributed by atoms with E-state index in [-0.39, 0.29) is 6.42 Å². The molecule has 3 rings (SSSR count). The van der Waals surface area contributed by atoms with Crippen LogP contribution < -0.4 is 10.9 Å². The second kappa shape index (κ2) is 7.44. The molecule has 0 aliphatic rings. The Kier molecular flexibility index (Phi) is 4.89. The van der Waals surface area contributed by atoms with Crippen molar-refractivity contribution < 1.29 is 14.0 Å². The summed E-state index contributed by atoms with van der Waals surface area (Å²) in [6.07, 6.45) is 3.63. The molecule has 0 bridgehead atoms. The molecule has 0 aliphatic carbocycles. The summed E-state index contributed by atoms with van der Waals surface area (Å²) in [6.45, 7) is 0. The summed E-state index contributed by atoms with van der Waals surface area (Å²) in [6, 6.07) is 16.5. The Morgan fingerprint density at radius 1 is 0.920 bits per heavy atom. The van der Waals surface area contributed by atoms with Crippen LogP contribution in [0.3, 0.4) is 0 Å². The zero-order valence-electron chi connectivity index (χ0n) is 13.3. The van der Waals surface area contributed by atoms with Gasteiger partial charge >= 0.3 is 0 Å². The third-order valence-electron chi connectivity index (χ3n) is 3.60. The second-order valence-corrected chi connectivity index (χ2v) is 5.42. The molecule has 0 spiro atoms. The summed E-state index contributed by atoms with van der Waals surface area (Å²) in [4.78, 5) is 24.3. The molecule has 0 unspecified atom stereocenters. The third kappa shape index (κ3) is 4.11. The monoisotopic (exact) mass is 337 g/mol. The molecule has 0 radical (unpaired) electrons. The number of benzene rings is 2. The summed E-state index contributed by atoms with van der Waals surface area (Å²) in [7, 11) is 0. The second-order valence-electron chi connectivity index (χ2n) is 5.42. The Balaban J connectivity index is 1.64. The minimum Gasteiger partial charge on any atom is -0.323 e. The highest BCUT2D eigenvalue weighted by molar-refractivity contribution is 5.98. The number of para-hydroxylation sites is 1. The fourth-order valence-electron chi connectivity index (χ4n) is 2.46. The van der Waals surface area contributed by atoms with Gasteiger partial charge in [0.1, 0.15) is 5.82 Å². The third-order valence-corrected chi connectivity index (χ3v) is 3.60. The number of hydrazine groups is 1. The molecule has 1 heterocycles. The van der Waals surface area contributed by atoms with Crippen molar-refractivity contribution >= 4 is 11.8 Å². The van der Waals surface area contributed by atoms with Crippen LogP contribution in [0.1, 0.15) is 15.9 Å². The number of hydrogen-bond donors (Lipinski definition) is 2. The Morgan fingerprint density at radius 2 is 1.68 bits per heavy atom. The number of carbonyl (C=O) groups excluding carboxylic acids is 2. The van der Waals surface area contributed by atoms with E-state index in [2.05, 4.69) is 10.9 Å². The molecule has 0 fully saturated rings. The van der Waals surface area contributed by atoms with Crippen LogP contribution in [0, 0.1) is 5.82 Å². The van der Waals surface area contributed by atoms with Crippen molar-refractivity contribution in [2.24, 2.45) is 0 Å². The quantitative estimate of drug-likeness (QED) is 0.719. The lowest BCUT2D eigenvalue weighted by atomic mass is 10.1. The van der Waals surface area contributed by atoms with Crippen LogP contribution in [0.4, 0.5) is 4.39 Å². The Hall–Kier alpha value is -3.41. The summed E-state index contributed by atoms with van der Waals surface area (Å²) in [5, 5.41) is 0. The molecule has 25 heavy (non-hydrogen) atoms. The molecule has 3 aromatic rings. The molecule has 126 valence electrons. The standard InChI is InChI=1S/C19H16FN3O2/c20-15-7-5-6-14(12-15)13-18(24)21-22-19(25)16-8-1-2-9-17(16)23-10-3-4-11-23/h1-12H,13H2,(H,21,24)(H,22,25). The van der Waals surface area contributed by atoms with Gasteiger partial charge in [-0.3, -0.25) is 20.4 Å². The van der Waals surface area contributed by atoms with E-state index in [1.165, 1.54) is 18.2 Å². The predicted octanol–water partition coefficient (Wildman–Crippen LogP) is 2.62. The van der Waals surface area contributed by atoms with Gasteiger partial charge in [0, 0.05) is 12.4 Å². The topological polar surface area (TPSA) is 63.1 Å². The van der Waals surface area contributed by atoms with Gasteiger partial charge in [0.25, 0.3) is 5.91 Å². The Morgan fingerprint density at radius 3 is 2.44 bits per heavy atom. The minimum atomic E-state index is -0.433. The maximum absolute atomic E-state index is 13.1. The van der Waals surface area contributed by atoms with E-state index in [0.29, 0.717) is 16.8 Å². The molecule has 2 aromatic carbocycles. The summed E-state index contributed by atoms with van der Waals surface area (Å²) in [5.74, 6) is -1.27. The molecule has 1 aromatic heterocycles. The van der Waals surface area contributed by atoms with E-state index in [9.17, 15) is 14.0 Å². The van der Waals surface area contributed by atoms with Crippen LogP contribution in [0.5, 0.6) is 0 Å². The fourth-order valence-corrected chi connectivity index (χ4v) is 2.46. The van der Waals surface area contributed by atoms with E-state index in [0.717, 1.165) is 0 Å². The van der Waals surface area contributed by atoms with Crippen molar-refractivity contribution in [2.75, 3.05) is 0 Å². The summed E-state index contributed by atoms with van der Waals surface area (Å²) in [5.41, 5.74) is 6.39. The van der Waals surface area contributed by atoms with Crippen LogP contribution in [0.15, 0.2) is 73.1 Å². The molecule has 0 atom stereocenters. The van der Waals surface area contributed by atoms with Crippen LogP contribution in [0.2, 0.25) is 0 Å². The van der Waals surface area contributed by atoms with Crippen molar-refractivity contribution in [1.82, 2.24) is 15.4 Å².